The summed E-state index contributed by atoms with van der Waals surface area (Å²) in [7, 11) is 0. The van der Waals surface area contributed by atoms with E-state index in [1.807, 2.05) is 6.07 Å². The number of ether oxygens (including phenoxy) is 1. The van der Waals surface area contributed by atoms with E-state index < -0.39 is 36.4 Å². The van der Waals surface area contributed by atoms with Crippen LogP contribution in [0.5, 0.6) is 0 Å². The lowest BCUT2D eigenvalue weighted by atomic mass is 9.65. The van der Waals surface area contributed by atoms with Crippen molar-refractivity contribution in [3.8, 4) is 6.07 Å². The molecule has 8 heteroatoms. The maximum Gasteiger partial charge on any atom is 0.401 e. The number of hydrogen-bond acceptors (Lipinski definition) is 4. The van der Waals surface area contributed by atoms with E-state index in [1.165, 1.54) is 30.5 Å². The van der Waals surface area contributed by atoms with Gasteiger partial charge in [-0.25, -0.2) is 0 Å². The van der Waals surface area contributed by atoms with Gasteiger partial charge in [0.2, 0.25) is 0 Å². The number of rotatable bonds is 3. The van der Waals surface area contributed by atoms with Crippen LogP contribution in [0.15, 0.2) is 34.3 Å². The summed E-state index contributed by atoms with van der Waals surface area (Å²) >= 11 is 5.99. The second-order valence-corrected chi connectivity index (χ2v) is 7.08. The largest absolute Gasteiger partial charge is 0.401 e. The van der Waals surface area contributed by atoms with E-state index >= 15 is 0 Å². The van der Waals surface area contributed by atoms with Crippen molar-refractivity contribution >= 4 is 23.5 Å². The zero-order valence-electron chi connectivity index (χ0n) is 14.1. The first-order chi connectivity index (χ1) is 12.2. The molecule has 2 heterocycles. The molecular formula is C18H17ClF3N3O. The quantitative estimate of drug-likeness (QED) is 0.843. The summed E-state index contributed by atoms with van der Waals surface area (Å²) in [6.07, 6.45) is -3.15. The summed E-state index contributed by atoms with van der Waals surface area (Å²) in [5.41, 5.74) is -1.95. The van der Waals surface area contributed by atoms with Crippen LogP contribution in [-0.2, 0) is 10.2 Å². The topological polar surface area (TPSA) is 57.4 Å². The Labute approximate surface area is 154 Å². The molecule has 1 aromatic rings. The molecule has 1 aromatic carbocycles. The monoisotopic (exact) mass is 383 g/mol. The molecule has 2 aliphatic heterocycles. The van der Waals surface area contributed by atoms with Crippen molar-refractivity contribution in [3.63, 3.8) is 0 Å². The molecular weight excluding hydrogens is 367 g/mol. The van der Waals surface area contributed by atoms with Gasteiger partial charge in [0.15, 0.2) is 0 Å². The zero-order valence-corrected chi connectivity index (χ0v) is 14.9. The van der Waals surface area contributed by atoms with E-state index in [0.717, 1.165) is 0 Å². The number of nitriles is 1. The van der Waals surface area contributed by atoms with Crippen LogP contribution in [0.2, 0.25) is 0 Å². The van der Waals surface area contributed by atoms with Gasteiger partial charge >= 0.3 is 6.18 Å². The lowest BCUT2D eigenvalue weighted by Gasteiger charge is -2.49. The van der Waals surface area contributed by atoms with Crippen molar-refractivity contribution in [3.05, 3.63) is 40.4 Å². The Balaban J connectivity index is 2.28. The van der Waals surface area contributed by atoms with Gasteiger partial charge in [-0.2, -0.15) is 18.4 Å². The second kappa shape index (κ2) is 6.60. The van der Waals surface area contributed by atoms with Gasteiger partial charge in [-0.1, -0.05) is 17.7 Å². The van der Waals surface area contributed by atoms with Crippen LogP contribution < -0.4 is 5.32 Å². The Bertz CT molecular complexity index is 813. The highest BCUT2D eigenvalue weighted by atomic mass is 35.5. The number of allylic oxidation sites excluding steroid dienone is 1. The average molecular weight is 384 g/mol. The summed E-state index contributed by atoms with van der Waals surface area (Å²) in [5.74, 6) is -1.10. The zero-order chi connectivity index (χ0) is 19.1. The number of nitrogens with zero attached hydrogens (tertiary/aromatic N) is 2. The highest BCUT2D eigenvalue weighted by Gasteiger charge is 2.64. The highest BCUT2D eigenvalue weighted by molar-refractivity contribution is 6.39. The predicted octanol–water partition coefficient (Wildman–Crippen LogP) is 4.36. The van der Waals surface area contributed by atoms with Crippen molar-refractivity contribution < 1.29 is 17.9 Å². The fraction of sp³-hybridized carbons (Fsp3) is 0.444. The van der Waals surface area contributed by atoms with Crippen LogP contribution in [0.1, 0.15) is 25.0 Å². The van der Waals surface area contributed by atoms with Crippen molar-refractivity contribution in [2.75, 3.05) is 11.9 Å². The first-order valence-corrected chi connectivity index (χ1v) is 8.47. The maximum absolute atomic E-state index is 14.5. The molecule has 3 atom stereocenters. The molecule has 3 unspecified atom stereocenters. The third-order valence-electron chi connectivity index (χ3n) is 4.69. The van der Waals surface area contributed by atoms with Gasteiger partial charge in [0.25, 0.3) is 0 Å². The van der Waals surface area contributed by atoms with Gasteiger partial charge in [0, 0.05) is 17.8 Å². The molecule has 0 saturated carbocycles. The van der Waals surface area contributed by atoms with E-state index in [-0.39, 0.29) is 16.2 Å². The number of hydrogen-bond donors (Lipinski definition) is 1. The van der Waals surface area contributed by atoms with Crippen LogP contribution in [0, 0.1) is 17.2 Å². The minimum atomic E-state index is -4.64. The summed E-state index contributed by atoms with van der Waals surface area (Å²) in [6.45, 7) is 2.77. The Morgan fingerprint density at radius 3 is 2.77 bits per heavy atom. The molecule has 4 nitrogen and oxygen atoms in total. The fourth-order valence-electron chi connectivity index (χ4n) is 3.43. The summed E-state index contributed by atoms with van der Waals surface area (Å²) in [6, 6.07) is 6.14. The summed E-state index contributed by atoms with van der Waals surface area (Å²) in [5, 5.41) is 12.3. The van der Waals surface area contributed by atoms with E-state index in [0.29, 0.717) is 5.69 Å². The Hall–Kier alpha value is -2.04. The van der Waals surface area contributed by atoms with Crippen LogP contribution >= 0.6 is 11.6 Å². The van der Waals surface area contributed by atoms with E-state index in [2.05, 4.69) is 10.3 Å². The van der Waals surface area contributed by atoms with Crippen molar-refractivity contribution in [2.45, 2.75) is 37.7 Å². The van der Waals surface area contributed by atoms with E-state index in [9.17, 15) is 13.2 Å². The molecule has 0 amide bonds. The molecule has 0 radical (unpaired) electrons. The minimum absolute atomic E-state index is 0.0243. The Morgan fingerprint density at radius 1 is 1.42 bits per heavy atom. The number of alkyl halides is 3. The molecule has 26 heavy (non-hydrogen) atoms. The molecule has 3 rings (SSSR count). The van der Waals surface area contributed by atoms with Gasteiger partial charge in [-0.15, -0.1) is 0 Å². The Morgan fingerprint density at radius 2 is 2.15 bits per heavy atom. The number of halogens is 4. The van der Waals surface area contributed by atoms with Crippen LogP contribution in [0.25, 0.3) is 0 Å². The second-order valence-electron chi connectivity index (χ2n) is 6.65. The van der Waals surface area contributed by atoms with Crippen molar-refractivity contribution in [1.29, 1.82) is 5.26 Å². The van der Waals surface area contributed by atoms with Crippen molar-refractivity contribution in [2.24, 2.45) is 10.9 Å². The first-order valence-electron chi connectivity index (χ1n) is 8.09. The molecule has 1 N–H and O–H groups in total. The van der Waals surface area contributed by atoms with E-state index in [4.69, 9.17) is 21.6 Å². The lowest BCUT2D eigenvalue weighted by molar-refractivity contribution is -0.222. The molecule has 0 aliphatic carbocycles. The standard InChI is InChI=1S/C18H17ClF3N3O/c1-10(2)26-9-17(18(20,21)22)13-5-11(7-23)3-4-15(13)25-16-14(17)6-12(19)8-24-16/h3-6,8,10,14,16,25H,9H2,1-2H3. The molecule has 0 aromatic heterocycles. The number of dihydropyridines is 1. The van der Waals surface area contributed by atoms with Crippen LogP contribution in [0.3, 0.4) is 0 Å². The van der Waals surface area contributed by atoms with Gasteiger partial charge in [0.1, 0.15) is 11.6 Å². The van der Waals surface area contributed by atoms with Crippen LogP contribution in [0.4, 0.5) is 18.9 Å². The predicted molar refractivity (Wildman–Crippen MR) is 93.3 cm³/mol. The van der Waals surface area contributed by atoms with Crippen molar-refractivity contribution in [1.82, 2.24) is 0 Å². The lowest BCUT2D eigenvalue weighted by Crippen LogP contribution is -2.59. The molecule has 0 saturated heterocycles. The number of benzene rings is 1. The number of aliphatic imine (C=N–C) groups is 1. The molecule has 0 fully saturated rings. The summed E-state index contributed by atoms with van der Waals surface area (Å²) in [4.78, 5) is 4.15. The molecule has 0 spiro atoms. The molecule has 138 valence electrons. The number of nitrogens with one attached hydrogen (secondary N) is 1. The van der Waals surface area contributed by atoms with Gasteiger partial charge in [0.05, 0.1) is 29.4 Å². The third-order valence-corrected chi connectivity index (χ3v) is 4.91. The smallest absolute Gasteiger partial charge is 0.377 e. The maximum atomic E-state index is 14.5. The van der Waals surface area contributed by atoms with Crippen LogP contribution in [-0.4, -0.2) is 31.3 Å². The highest BCUT2D eigenvalue weighted by Crippen LogP contribution is 2.55. The normalized spacial score (nSPS) is 27.2. The van der Waals surface area contributed by atoms with Gasteiger partial charge in [-0.3, -0.25) is 4.99 Å². The third kappa shape index (κ3) is 2.97. The number of anilines is 1. The SMILES string of the molecule is CC(C)OCC1(C(F)(F)F)c2cc(C#N)ccc2NC2N=CC(Cl)=CC21. The summed E-state index contributed by atoms with van der Waals surface area (Å²) < 4.78 is 49.1. The molecule has 2 aliphatic rings. The van der Waals surface area contributed by atoms with Gasteiger partial charge < -0.3 is 10.1 Å². The minimum Gasteiger partial charge on any atom is -0.377 e. The Kier molecular flexibility index (Phi) is 4.76. The first kappa shape index (κ1) is 18.7. The fourth-order valence-corrected chi connectivity index (χ4v) is 3.62. The van der Waals surface area contributed by atoms with Gasteiger partial charge in [-0.05, 0) is 37.6 Å². The average Bonchev–Trinajstić information content (AvgIpc) is 2.57. The van der Waals surface area contributed by atoms with E-state index in [1.54, 1.807) is 13.8 Å². The molecule has 0 bridgehead atoms. The number of fused-ring (bicyclic) bond motifs is 2.